The first-order chi connectivity index (χ1) is 10.8. The number of hydrogen-bond acceptors (Lipinski definition) is 3. The van der Waals surface area contributed by atoms with E-state index < -0.39 is 5.60 Å². The highest BCUT2D eigenvalue weighted by Gasteiger charge is 2.31. The van der Waals surface area contributed by atoms with E-state index in [-0.39, 0.29) is 12.1 Å². The summed E-state index contributed by atoms with van der Waals surface area (Å²) in [6, 6.07) is 11.1. The number of nitrogens with one attached hydrogen (secondary N) is 1. The highest BCUT2D eigenvalue weighted by Crippen LogP contribution is 2.28. The summed E-state index contributed by atoms with van der Waals surface area (Å²) in [7, 11) is 0. The van der Waals surface area contributed by atoms with Crippen molar-refractivity contribution in [3.63, 3.8) is 0 Å². The Balaban J connectivity index is 1.86. The molecule has 23 heavy (non-hydrogen) atoms. The number of carbonyl (C=O) groups is 1. The van der Waals surface area contributed by atoms with E-state index in [1.54, 1.807) is 0 Å². The summed E-state index contributed by atoms with van der Waals surface area (Å²) in [6.45, 7) is 12.1. The van der Waals surface area contributed by atoms with Crippen LogP contribution in [0.2, 0.25) is 0 Å². The summed E-state index contributed by atoms with van der Waals surface area (Å²) in [5.41, 5.74) is 0.897. The van der Waals surface area contributed by atoms with Gasteiger partial charge in [-0.05, 0) is 59.1 Å². The number of benzene rings is 1. The molecule has 0 saturated carbocycles. The van der Waals surface area contributed by atoms with E-state index in [0.717, 1.165) is 19.5 Å². The lowest BCUT2D eigenvalue weighted by Gasteiger charge is -2.27. The van der Waals surface area contributed by atoms with Gasteiger partial charge in [-0.2, -0.15) is 0 Å². The van der Waals surface area contributed by atoms with E-state index in [0.29, 0.717) is 12.0 Å². The van der Waals surface area contributed by atoms with Gasteiger partial charge < -0.3 is 10.1 Å². The topological polar surface area (TPSA) is 41.6 Å². The summed E-state index contributed by atoms with van der Waals surface area (Å²) in [4.78, 5) is 14.4. The van der Waals surface area contributed by atoms with Gasteiger partial charge >= 0.3 is 6.09 Å². The van der Waals surface area contributed by atoms with Crippen LogP contribution < -0.4 is 5.32 Å². The van der Waals surface area contributed by atoms with Gasteiger partial charge in [0.1, 0.15) is 5.60 Å². The Labute approximate surface area is 140 Å². The highest BCUT2D eigenvalue weighted by molar-refractivity contribution is 5.68. The zero-order valence-corrected chi connectivity index (χ0v) is 15.0. The van der Waals surface area contributed by atoms with Gasteiger partial charge in [0.25, 0.3) is 0 Å². The highest BCUT2D eigenvalue weighted by atomic mass is 16.6. The molecule has 1 amide bonds. The molecule has 1 saturated heterocycles. The fourth-order valence-corrected chi connectivity index (χ4v) is 3.13. The Morgan fingerprint density at radius 1 is 1.26 bits per heavy atom. The van der Waals surface area contributed by atoms with Crippen molar-refractivity contribution in [3.8, 4) is 0 Å². The molecular weight excluding hydrogens is 288 g/mol. The smallest absolute Gasteiger partial charge is 0.407 e. The van der Waals surface area contributed by atoms with Gasteiger partial charge in [0.05, 0.1) is 0 Å². The third-order valence-electron chi connectivity index (χ3n) is 4.54. The summed E-state index contributed by atoms with van der Waals surface area (Å²) >= 11 is 0. The van der Waals surface area contributed by atoms with Gasteiger partial charge in [-0.1, -0.05) is 30.3 Å². The third kappa shape index (κ3) is 5.24. The van der Waals surface area contributed by atoms with Crippen LogP contribution in [0.5, 0.6) is 0 Å². The van der Waals surface area contributed by atoms with Crippen molar-refractivity contribution in [2.75, 3.05) is 13.1 Å². The maximum atomic E-state index is 11.9. The maximum Gasteiger partial charge on any atom is 0.407 e. The van der Waals surface area contributed by atoms with Crippen molar-refractivity contribution < 1.29 is 9.53 Å². The molecule has 0 aromatic heterocycles. The lowest BCUT2D eigenvalue weighted by Crippen LogP contribution is -2.42. The molecule has 4 nitrogen and oxygen atoms in total. The number of rotatable bonds is 4. The van der Waals surface area contributed by atoms with Crippen molar-refractivity contribution in [2.45, 2.75) is 58.7 Å². The second-order valence-corrected chi connectivity index (χ2v) is 7.57. The molecule has 1 aromatic rings. The second-order valence-electron chi connectivity index (χ2n) is 7.57. The minimum absolute atomic E-state index is 0.123. The van der Waals surface area contributed by atoms with Gasteiger partial charge in [-0.25, -0.2) is 4.79 Å². The number of amides is 1. The molecule has 0 bridgehead atoms. The quantitative estimate of drug-likeness (QED) is 0.913. The summed E-state index contributed by atoms with van der Waals surface area (Å²) in [5, 5.41) is 2.99. The number of likely N-dealkylation sites (tertiary alicyclic amines) is 1. The first kappa shape index (κ1) is 17.8. The number of nitrogens with zero attached hydrogens (tertiary/aromatic N) is 1. The van der Waals surface area contributed by atoms with Crippen LogP contribution in [0.4, 0.5) is 4.79 Å². The molecule has 0 radical (unpaired) electrons. The van der Waals surface area contributed by atoms with Crippen molar-refractivity contribution in [3.05, 3.63) is 35.9 Å². The van der Waals surface area contributed by atoms with Gasteiger partial charge in [0.15, 0.2) is 0 Å². The van der Waals surface area contributed by atoms with Crippen molar-refractivity contribution >= 4 is 6.09 Å². The minimum Gasteiger partial charge on any atom is -0.444 e. The number of alkyl carbamates (subject to hydrolysis) is 1. The van der Waals surface area contributed by atoms with Gasteiger partial charge in [-0.3, -0.25) is 4.90 Å². The number of ether oxygens (including phenoxy) is 1. The molecular formula is C19H30N2O2. The van der Waals surface area contributed by atoms with Crippen LogP contribution in [-0.2, 0) is 4.74 Å². The Morgan fingerprint density at radius 3 is 2.52 bits per heavy atom. The van der Waals surface area contributed by atoms with Crippen molar-refractivity contribution in [1.82, 2.24) is 10.2 Å². The van der Waals surface area contributed by atoms with E-state index in [9.17, 15) is 4.79 Å². The lowest BCUT2D eigenvalue weighted by molar-refractivity contribution is 0.0492. The van der Waals surface area contributed by atoms with Crippen LogP contribution >= 0.6 is 0 Å². The average Bonchev–Trinajstić information content (AvgIpc) is 2.95. The van der Waals surface area contributed by atoms with Crippen LogP contribution in [-0.4, -0.2) is 35.7 Å². The normalized spacial score (nSPS) is 21.7. The Kier molecular flexibility index (Phi) is 5.69. The monoisotopic (exact) mass is 318 g/mol. The molecule has 1 aromatic carbocycles. The SMILES string of the molecule is C[C@H](c1ccccc1)N1CC[C@@H]([C@@H](C)NC(=O)OC(C)(C)C)C1. The van der Waals surface area contributed by atoms with Gasteiger partial charge in [0, 0.05) is 18.6 Å². The largest absolute Gasteiger partial charge is 0.444 e. The van der Waals surface area contributed by atoms with Crippen molar-refractivity contribution in [1.29, 1.82) is 0 Å². The van der Waals surface area contributed by atoms with E-state index in [1.165, 1.54) is 5.56 Å². The van der Waals surface area contributed by atoms with Crippen LogP contribution in [0.1, 0.15) is 52.6 Å². The molecule has 0 aliphatic carbocycles. The van der Waals surface area contributed by atoms with Crippen LogP contribution in [0.25, 0.3) is 0 Å². The summed E-state index contributed by atoms with van der Waals surface area (Å²) in [5.74, 6) is 0.466. The fourth-order valence-electron chi connectivity index (χ4n) is 3.13. The Bertz CT molecular complexity index is 510. The molecule has 2 rings (SSSR count). The molecule has 3 atom stereocenters. The molecule has 1 fully saturated rings. The fraction of sp³-hybridized carbons (Fsp3) is 0.632. The van der Waals surface area contributed by atoms with Gasteiger partial charge in [-0.15, -0.1) is 0 Å². The molecule has 128 valence electrons. The third-order valence-corrected chi connectivity index (χ3v) is 4.54. The molecule has 4 heteroatoms. The zero-order chi connectivity index (χ0) is 17.0. The van der Waals surface area contributed by atoms with Crippen LogP contribution in [0.3, 0.4) is 0 Å². The second kappa shape index (κ2) is 7.35. The average molecular weight is 318 g/mol. The first-order valence-corrected chi connectivity index (χ1v) is 8.55. The van der Waals surface area contributed by atoms with Gasteiger partial charge in [0.2, 0.25) is 0 Å². The van der Waals surface area contributed by atoms with E-state index in [1.807, 2.05) is 20.8 Å². The molecule has 1 aliphatic heterocycles. The van der Waals surface area contributed by atoms with Crippen LogP contribution in [0.15, 0.2) is 30.3 Å². The van der Waals surface area contributed by atoms with E-state index in [4.69, 9.17) is 4.74 Å². The number of carbonyl (C=O) groups excluding carboxylic acids is 1. The zero-order valence-electron chi connectivity index (χ0n) is 15.0. The first-order valence-electron chi connectivity index (χ1n) is 8.55. The molecule has 1 aliphatic rings. The summed E-state index contributed by atoms with van der Waals surface area (Å²) in [6.07, 6.45) is 0.785. The predicted octanol–water partition coefficient (Wildman–Crippen LogP) is 3.98. The van der Waals surface area contributed by atoms with E-state index >= 15 is 0 Å². The maximum absolute atomic E-state index is 11.9. The summed E-state index contributed by atoms with van der Waals surface area (Å²) < 4.78 is 5.35. The standard InChI is InChI=1S/C19H30N2O2/c1-14(20-18(22)23-19(3,4)5)17-11-12-21(13-17)15(2)16-9-7-6-8-10-16/h6-10,14-15,17H,11-13H2,1-5H3,(H,20,22)/t14-,15-,17-/m1/s1. The predicted molar refractivity (Wildman–Crippen MR) is 93.4 cm³/mol. The minimum atomic E-state index is -0.451. The number of hydrogen-bond donors (Lipinski definition) is 1. The molecule has 0 spiro atoms. The van der Waals surface area contributed by atoms with E-state index in [2.05, 4.69) is 54.4 Å². The molecule has 0 unspecified atom stereocenters. The van der Waals surface area contributed by atoms with Crippen LogP contribution in [0, 0.1) is 5.92 Å². The Hall–Kier alpha value is -1.55. The molecule has 1 heterocycles. The Morgan fingerprint density at radius 2 is 1.91 bits per heavy atom. The van der Waals surface area contributed by atoms with Crippen molar-refractivity contribution in [2.24, 2.45) is 5.92 Å². The molecule has 1 N–H and O–H groups in total. The lowest BCUT2D eigenvalue weighted by atomic mass is 10.0.